The van der Waals surface area contributed by atoms with Crippen molar-refractivity contribution in [3.8, 4) is 0 Å². The van der Waals surface area contributed by atoms with Crippen molar-refractivity contribution < 1.29 is 19.8 Å². The second kappa shape index (κ2) is 9.59. The average Bonchev–Trinajstić information content (AvgIpc) is 3.30. The maximum Gasteiger partial charge on any atom is 0.248 e. The lowest BCUT2D eigenvalue weighted by Crippen LogP contribution is -2.58. The summed E-state index contributed by atoms with van der Waals surface area (Å²) in [6, 6.07) is 5.95. The van der Waals surface area contributed by atoms with E-state index in [0.29, 0.717) is 25.9 Å². The van der Waals surface area contributed by atoms with E-state index in [0.717, 1.165) is 16.5 Å². The number of amides is 2. The zero-order chi connectivity index (χ0) is 21.8. The number of rotatable bonds is 8. The molecule has 1 fully saturated rings. The lowest BCUT2D eigenvalue weighted by atomic mass is 10.0. The monoisotopic (exact) mass is 416 g/mol. The van der Waals surface area contributed by atoms with E-state index >= 15 is 0 Å². The number of aliphatic hydroxyl groups excluding tert-OH is 2. The van der Waals surface area contributed by atoms with E-state index in [-0.39, 0.29) is 11.8 Å². The van der Waals surface area contributed by atoms with Gasteiger partial charge in [0.2, 0.25) is 11.8 Å². The Bertz CT molecular complexity index is 881. The third-order valence-electron chi connectivity index (χ3n) is 5.85. The van der Waals surface area contributed by atoms with E-state index in [1.807, 2.05) is 37.4 Å². The number of carbonyl (C=O) groups is 2. The highest BCUT2D eigenvalue weighted by atomic mass is 16.3. The summed E-state index contributed by atoms with van der Waals surface area (Å²) in [7, 11) is 0. The number of likely N-dealkylation sites (tertiary alicyclic amines) is 1. The molecule has 0 bridgehead atoms. The standard InChI is InChI=1S/C22H32N4O4/c1-4-23-13(2)21(29)25-20(14(3)27)22(30)26-10-9-19(28)18(26)11-15-12-24-17-8-6-5-7-16(15)17/h5-8,12-14,18-20,23-24,27-28H,4,9-11H2,1-3H3,(H,25,29)/t13-,14?,18-,19?,20-/m0/s1. The second-order valence-electron chi connectivity index (χ2n) is 8.02. The predicted molar refractivity (Wildman–Crippen MR) is 115 cm³/mol. The van der Waals surface area contributed by atoms with Gasteiger partial charge >= 0.3 is 0 Å². The fraction of sp³-hybridized carbons (Fsp3) is 0.545. The Morgan fingerprint density at radius 2 is 2.03 bits per heavy atom. The van der Waals surface area contributed by atoms with E-state index in [4.69, 9.17) is 0 Å². The number of nitrogens with zero attached hydrogens (tertiary/aromatic N) is 1. The summed E-state index contributed by atoms with van der Waals surface area (Å²) in [4.78, 5) is 30.5. The van der Waals surface area contributed by atoms with Gasteiger partial charge in [0.25, 0.3) is 0 Å². The lowest BCUT2D eigenvalue weighted by molar-refractivity contribution is -0.141. The first-order chi connectivity index (χ1) is 14.3. The molecule has 2 unspecified atom stereocenters. The fourth-order valence-electron chi connectivity index (χ4n) is 4.13. The molecule has 5 N–H and O–H groups in total. The molecule has 1 aliphatic heterocycles. The molecule has 1 aliphatic rings. The van der Waals surface area contributed by atoms with E-state index in [2.05, 4.69) is 15.6 Å². The van der Waals surface area contributed by atoms with Gasteiger partial charge in [-0.1, -0.05) is 25.1 Å². The Morgan fingerprint density at radius 3 is 2.73 bits per heavy atom. The lowest BCUT2D eigenvalue weighted by Gasteiger charge is -2.32. The third-order valence-corrected chi connectivity index (χ3v) is 5.85. The molecule has 8 nitrogen and oxygen atoms in total. The quantitative estimate of drug-likeness (QED) is 0.430. The number of hydrogen-bond donors (Lipinski definition) is 5. The predicted octanol–water partition coefficient (Wildman–Crippen LogP) is 0.536. The van der Waals surface area contributed by atoms with Crippen LogP contribution in [-0.4, -0.2) is 75.3 Å². The minimum Gasteiger partial charge on any atom is -0.391 e. The van der Waals surface area contributed by atoms with Crippen LogP contribution in [0.2, 0.25) is 0 Å². The Kier molecular flexibility index (Phi) is 7.12. The first kappa shape index (κ1) is 22.3. The molecule has 1 aromatic carbocycles. The van der Waals surface area contributed by atoms with Gasteiger partial charge in [0.05, 0.1) is 24.3 Å². The SMILES string of the molecule is CCN[C@@H](C)C(=O)N[C@H](C(=O)N1CCC(O)[C@@H]1Cc1c[nH]c2ccccc12)C(C)O. The maximum absolute atomic E-state index is 13.3. The number of fused-ring (bicyclic) bond motifs is 1. The molecule has 1 saturated heterocycles. The molecule has 30 heavy (non-hydrogen) atoms. The maximum atomic E-state index is 13.3. The first-order valence-corrected chi connectivity index (χ1v) is 10.6. The van der Waals surface area contributed by atoms with Crippen molar-refractivity contribution in [3.63, 3.8) is 0 Å². The Hall–Kier alpha value is -2.42. The van der Waals surface area contributed by atoms with Gasteiger partial charge in [-0.25, -0.2) is 0 Å². The van der Waals surface area contributed by atoms with Gasteiger partial charge in [0.1, 0.15) is 6.04 Å². The number of aromatic amines is 1. The molecule has 3 rings (SSSR count). The third kappa shape index (κ3) is 4.66. The normalized spacial score (nSPS) is 22.1. The number of aliphatic hydroxyl groups is 2. The van der Waals surface area contributed by atoms with Crippen LogP contribution < -0.4 is 10.6 Å². The van der Waals surface area contributed by atoms with Crippen molar-refractivity contribution >= 4 is 22.7 Å². The van der Waals surface area contributed by atoms with Crippen LogP contribution in [0.5, 0.6) is 0 Å². The van der Waals surface area contributed by atoms with Crippen LogP contribution >= 0.6 is 0 Å². The zero-order valence-electron chi connectivity index (χ0n) is 17.8. The number of benzene rings is 1. The number of nitrogens with one attached hydrogen (secondary N) is 3. The number of hydrogen-bond acceptors (Lipinski definition) is 5. The van der Waals surface area contributed by atoms with Crippen LogP contribution in [0.15, 0.2) is 30.5 Å². The molecule has 2 aromatic rings. The molecular weight excluding hydrogens is 384 g/mol. The van der Waals surface area contributed by atoms with Crippen molar-refractivity contribution in [3.05, 3.63) is 36.0 Å². The Balaban J connectivity index is 1.77. The van der Waals surface area contributed by atoms with E-state index in [1.165, 1.54) is 6.92 Å². The molecule has 0 radical (unpaired) electrons. The van der Waals surface area contributed by atoms with E-state index in [9.17, 15) is 19.8 Å². The minimum absolute atomic E-state index is 0.343. The molecule has 164 valence electrons. The summed E-state index contributed by atoms with van der Waals surface area (Å²) in [6.45, 7) is 6.09. The Morgan fingerprint density at radius 1 is 1.30 bits per heavy atom. The number of aromatic nitrogens is 1. The molecular formula is C22H32N4O4. The van der Waals surface area contributed by atoms with Crippen molar-refractivity contribution in [2.75, 3.05) is 13.1 Å². The molecule has 0 spiro atoms. The van der Waals surface area contributed by atoms with E-state index < -0.39 is 30.3 Å². The molecule has 5 atom stereocenters. The molecule has 0 aliphatic carbocycles. The highest BCUT2D eigenvalue weighted by Crippen LogP contribution is 2.27. The van der Waals surface area contributed by atoms with Crippen molar-refractivity contribution in [2.45, 2.75) is 63.9 Å². The first-order valence-electron chi connectivity index (χ1n) is 10.6. The second-order valence-corrected chi connectivity index (χ2v) is 8.02. The average molecular weight is 417 g/mol. The summed E-state index contributed by atoms with van der Waals surface area (Å²) >= 11 is 0. The molecule has 2 amide bonds. The van der Waals surface area contributed by atoms with Gasteiger partial charge in [0.15, 0.2) is 0 Å². The van der Waals surface area contributed by atoms with Gasteiger partial charge in [-0.2, -0.15) is 0 Å². The van der Waals surface area contributed by atoms with Crippen LogP contribution in [0, 0.1) is 0 Å². The van der Waals surface area contributed by atoms with Crippen LogP contribution in [-0.2, 0) is 16.0 Å². The van der Waals surface area contributed by atoms with Crippen LogP contribution in [0.4, 0.5) is 0 Å². The molecule has 2 heterocycles. The number of H-pyrrole nitrogens is 1. The zero-order valence-corrected chi connectivity index (χ0v) is 17.8. The number of carbonyl (C=O) groups excluding carboxylic acids is 2. The summed E-state index contributed by atoms with van der Waals surface area (Å²) < 4.78 is 0. The summed E-state index contributed by atoms with van der Waals surface area (Å²) in [5.74, 6) is -0.715. The van der Waals surface area contributed by atoms with Crippen molar-refractivity contribution in [2.24, 2.45) is 0 Å². The summed E-state index contributed by atoms with van der Waals surface area (Å²) in [5, 5.41) is 27.5. The van der Waals surface area contributed by atoms with Gasteiger partial charge in [-0.05, 0) is 44.9 Å². The van der Waals surface area contributed by atoms with Crippen molar-refractivity contribution in [1.29, 1.82) is 0 Å². The van der Waals surface area contributed by atoms with E-state index in [1.54, 1.807) is 11.8 Å². The Labute approximate surface area is 176 Å². The molecule has 1 aromatic heterocycles. The molecule has 8 heteroatoms. The minimum atomic E-state index is -1.06. The summed E-state index contributed by atoms with van der Waals surface area (Å²) in [5.41, 5.74) is 2.03. The van der Waals surface area contributed by atoms with Gasteiger partial charge in [0, 0.05) is 23.6 Å². The van der Waals surface area contributed by atoms with Gasteiger partial charge in [-0.3, -0.25) is 9.59 Å². The van der Waals surface area contributed by atoms with Crippen LogP contribution in [0.3, 0.4) is 0 Å². The smallest absolute Gasteiger partial charge is 0.248 e. The fourth-order valence-corrected chi connectivity index (χ4v) is 4.13. The van der Waals surface area contributed by atoms with Crippen LogP contribution in [0.1, 0.15) is 32.8 Å². The highest BCUT2D eigenvalue weighted by molar-refractivity contribution is 5.90. The summed E-state index contributed by atoms with van der Waals surface area (Å²) in [6.07, 6.45) is 1.15. The number of para-hydroxylation sites is 1. The van der Waals surface area contributed by atoms with Crippen molar-refractivity contribution in [1.82, 2.24) is 20.5 Å². The topological polar surface area (TPSA) is 118 Å². The molecule has 0 saturated carbocycles. The van der Waals surface area contributed by atoms with Crippen LogP contribution in [0.25, 0.3) is 10.9 Å². The largest absolute Gasteiger partial charge is 0.391 e. The van der Waals surface area contributed by atoms with Gasteiger partial charge < -0.3 is 30.7 Å². The highest BCUT2D eigenvalue weighted by Gasteiger charge is 2.40. The van der Waals surface area contributed by atoms with Gasteiger partial charge in [-0.15, -0.1) is 0 Å². The number of likely N-dealkylation sites (N-methyl/N-ethyl adjacent to an activating group) is 1.